The Morgan fingerprint density at radius 2 is 2.14 bits per heavy atom. The quantitative estimate of drug-likeness (QED) is 0.520. The highest BCUT2D eigenvalue weighted by Crippen LogP contribution is 2.22. The lowest BCUT2D eigenvalue weighted by Crippen LogP contribution is -2.05. The van der Waals surface area contributed by atoms with Crippen molar-refractivity contribution in [1.82, 2.24) is 9.78 Å². The summed E-state index contributed by atoms with van der Waals surface area (Å²) in [6, 6.07) is 8.07. The molecular formula is C16H21N3O2. The van der Waals surface area contributed by atoms with Crippen molar-refractivity contribution in [2.45, 2.75) is 40.3 Å². The molecule has 2 aromatic rings. The number of aromatic nitrogens is 2. The van der Waals surface area contributed by atoms with Crippen molar-refractivity contribution >= 4 is 5.71 Å². The molecule has 0 aliphatic rings. The number of oxime groups is 1. The van der Waals surface area contributed by atoms with Gasteiger partial charge >= 0.3 is 0 Å². The van der Waals surface area contributed by atoms with Crippen molar-refractivity contribution in [2.75, 3.05) is 0 Å². The van der Waals surface area contributed by atoms with Gasteiger partial charge in [-0.15, -0.1) is 0 Å². The van der Waals surface area contributed by atoms with Gasteiger partial charge in [-0.05, 0) is 45.9 Å². The van der Waals surface area contributed by atoms with Crippen LogP contribution in [-0.4, -0.2) is 20.7 Å². The SMILES string of the molecule is CC(=NO)c1cc(C)ccc1OCc1ccn(C(C)C)n1. The molecule has 0 bridgehead atoms. The molecule has 1 heterocycles. The van der Waals surface area contributed by atoms with Gasteiger partial charge in [-0.1, -0.05) is 16.8 Å². The minimum absolute atomic E-state index is 0.331. The zero-order valence-electron chi connectivity index (χ0n) is 12.9. The van der Waals surface area contributed by atoms with Gasteiger partial charge in [0.15, 0.2) is 0 Å². The van der Waals surface area contributed by atoms with E-state index in [-0.39, 0.29) is 0 Å². The number of aryl methyl sites for hydroxylation is 1. The molecule has 0 aliphatic carbocycles. The summed E-state index contributed by atoms with van der Waals surface area (Å²) < 4.78 is 7.72. The number of ether oxygens (including phenoxy) is 1. The summed E-state index contributed by atoms with van der Waals surface area (Å²) in [6.45, 7) is 8.28. The van der Waals surface area contributed by atoms with Crippen LogP contribution in [0.5, 0.6) is 5.75 Å². The summed E-state index contributed by atoms with van der Waals surface area (Å²) in [4.78, 5) is 0. The minimum Gasteiger partial charge on any atom is -0.487 e. The van der Waals surface area contributed by atoms with Crippen LogP contribution in [0.4, 0.5) is 0 Å². The lowest BCUT2D eigenvalue weighted by molar-refractivity contribution is 0.296. The van der Waals surface area contributed by atoms with Crippen LogP contribution in [0.25, 0.3) is 0 Å². The number of nitrogens with zero attached hydrogens (tertiary/aromatic N) is 3. The molecule has 0 atom stereocenters. The predicted molar refractivity (Wildman–Crippen MR) is 82.1 cm³/mol. The van der Waals surface area contributed by atoms with Crippen LogP contribution in [-0.2, 0) is 6.61 Å². The standard InChI is InChI=1S/C16H21N3O2/c1-11(2)19-8-7-14(17-19)10-21-16-6-5-12(3)9-15(16)13(4)18-20/h5-9,11,20H,10H2,1-4H3. The first-order chi connectivity index (χ1) is 10.0. The van der Waals surface area contributed by atoms with E-state index in [1.165, 1.54) is 0 Å². The molecule has 5 nitrogen and oxygen atoms in total. The Morgan fingerprint density at radius 3 is 2.76 bits per heavy atom. The molecule has 0 fully saturated rings. The van der Waals surface area contributed by atoms with Crippen molar-refractivity contribution in [3.8, 4) is 5.75 Å². The Bertz CT molecular complexity index is 645. The maximum absolute atomic E-state index is 8.97. The van der Waals surface area contributed by atoms with Gasteiger partial charge in [0, 0.05) is 17.8 Å². The average molecular weight is 287 g/mol. The fraction of sp³-hybridized carbons (Fsp3) is 0.375. The second-order valence-corrected chi connectivity index (χ2v) is 5.35. The van der Waals surface area contributed by atoms with E-state index in [0.717, 1.165) is 16.8 Å². The highest BCUT2D eigenvalue weighted by atomic mass is 16.5. The van der Waals surface area contributed by atoms with E-state index in [1.54, 1.807) is 6.92 Å². The van der Waals surface area contributed by atoms with Crippen LogP contribution in [0.1, 0.15) is 43.6 Å². The number of rotatable bonds is 5. The van der Waals surface area contributed by atoms with Crippen LogP contribution < -0.4 is 4.74 Å². The van der Waals surface area contributed by atoms with Crippen LogP contribution in [0.3, 0.4) is 0 Å². The van der Waals surface area contributed by atoms with E-state index < -0.39 is 0 Å². The Hall–Kier alpha value is -2.30. The van der Waals surface area contributed by atoms with Crippen LogP contribution >= 0.6 is 0 Å². The lowest BCUT2D eigenvalue weighted by Gasteiger charge is -2.11. The molecule has 1 N–H and O–H groups in total. The van der Waals surface area contributed by atoms with Crippen molar-refractivity contribution in [3.05, 3.63) is 47.3 Å². The van der Waals surface area contributed by atoms with E-state index in [9.17, 15) is 0 Å². The molecule has 0 spiro atoms. The van der Waals surface area contributed by atoms with Gasteiger partial charge < -0.3 is 9.94 Å². The molecule has 1 aromatic carbocycles. The summed E-state index contributed by atoms with van der Waals surface area (Å²) >= 11 is 0. The molecule has 21 heavy (non-hydrogen) atoms. The van der Waals surface area contributed by atoms with Crippen molar-refractivity contribution < 1.29 is 9.94 Å². The van der Waals surface area contributed by atoms with Gasteiger partial charge in [0.2, 0.25) is 0 Å². The first-order valence-corrected chi connectivity index (χ1v) is 6.97. The van der Waals surface area contributed by atoms with E-state index in [4.69, 9.17) is 9.94 Å². The lowest BCUT2D eigenvalue weighted by atomic mass is 10.1. The Labute approximate surface area is 124 Å². The van der Waals surface area contributed by atoms with Gasteiger partial charge in [0.1, 0.15) is 12.4 Å². The smallest absolute Gasteiger partial charge is 0.132 e. The largest absolute Gasteiger partial charge is 0.487 e. The molecule has 0 radical (unpaired) electrons. The van der Waals surface area contributed by atoms with Gasteiger partial charge in [0.25, 0.3) is 0 Å². The van der Waals surface area contributed by atoms with E-state index >= 15 is 0 Å². The minimum atomic E-state index is 0.331. The summed E-state index contributed by atoms with van der Waals surface area (Å²) in [5, 5.41) is 16.7. The van der Waals surface area contributed by atoms with Gasteiger partial charge in [-0.3, -0.25) is 4.68 Å². The second kappa shape index (κ2) is 6.43. The molecular weight excluding hydrogens is 266 g/mol. The maximum atomic E-state index is 8.97. The van der Waals surface area contributed by atoms with Gasteiger partial charge in [-0.25, -0.2) is 0 Å². The van der Waals surface area contributed by atoms with Crippen molar-refractivity contribution in [3.63, 3.8) is 0 Å². The fourth-order valence-electron chi connectivity index (χ4n) is 2.00. The second-order valence-electron chi connectivity index (χ2n) is 5.35. The van der Waals surface area contributed by atoms with Gasteiger partial charge in [-0.2, -0.15) is 5.10 Å². The van der Waals surface area contributed by atoms with E-state index in [1.807, 2.05) is 42.1 Å². The Kier molecular flexibility index (Phi) is 4.62. The zero-order valence-corrected chi connectivity index (χ0v) is 12.9. The summed E-state index contributed by atoms with van der Waals surface area (Å²) in [6.07, 6.45) is 1.94. The third-order valence-corrected chi connectivity index (χ3v) is 3.24. The highest BCUT2D eigenvalue weighted by molar-refractivity contribution is 6.00. The number of hydrogen-bond acceptors (Lipinski definition) is 4. The summed E-state index contributed by atoms with van der Waals surface area (Å²) in [5.41, 5.74) is 3.28. The molecule has 0 saturated heterocycles. The predicted octanol–water partition coefficient (Wildman–Crippen LogP) is 3.55. The molecule has 0 unspecified atom stereocenters. The van der Waals surface area contributed by atoms with Crippen molar-refractivity contribution in [2.24, 2.45) is 5.16 Å². The number of benzene rings is 1. The molecule has 0 amide bonds. The van der Waals surface area contributed by atoms with Crippen LogP contribution in [0.2, 0.25) is 0 Å². The van der Waals surface area contributed by atoms with Crippen LogP contribution in [0.15, 0.2) is 35.6 Å². The molecule has 1 aromatic heterocycles. The fourth-order valence-corrected chi connectivity index (χ4v) is 2.00. The third-order valence-electron chi connectivity index (χ3n) is 3.24. The monoisotopic (exact) mass is 287 g/mol. The zero-order chi connectivity index (χ0) is 15.4. The third kappa shape index (κ3) is 3.62. The first-order valence-electron chi connectivity index (χ1n) is 6.97. The summed E-state index contributed by atoms with van der Waals surface area (Å²) in [5.74, 6) is 0.690. The highest BCUT2D eigenvalue weighted by Gasteiger charge is 2.09. The molecule has 112 valence electrons. The number of hydrogen-bond donors (Lipinski definition) is 1. The van der Waals surface area contributed by atoms with Crippen LogP contribution in [0, 0.1) is 6.92 Å². The van der Waals surface area contributed by atoms with Crippen molar-refractivity contribution in [1.29, 1.82) is 0 Å². The molecule has 2 rings (SSSR count). The van der Waals surface area contributed by atoms with Gasteiger partial charge in [0.05, 0.1) is 11.4 Å². The molecule has 0 aliphatic heterocycles. The normalized spacial score (nSPS) is 12.0. The first kappa shape index (κ1) is 15.1. The van der Waals surface area contributed by atoms with E-state index in [2.05, 4.69) is 24.1 Å². The maximum Gasteiger partial charge on any atom is 0.132 e. The Balaban J connectivity index is 2.15. The molecule has 0 saturated carbocycles. The Morgan fingerprint density at radius 1 is 1.38 bits per heavy atom. The summed E-state index contributed by atoms with van der Waals surface area (Å²) in [7, 11) is 0. The topological polar surface area (TPSA) is 59.6 Å². The van der Waals surface area contributed by atoms with E-state index in [0.29, 0.717) is 24.1 Å². The molecule has 5 heteroatoms. The average Bonchev–Trinajstić information content (AvgIpc) is 2.94.